The van der Waals surface area contributed by atoms with Crippen molar-refractivity contribution >= 4 is 11.3 Å². The first kappa shape index (κ1) is 16.4. The Balaban J connectivity index is 1.77. The van der Waals surface area contributed by atoms with Gasteiger partial charge in [-0.15, -0.1) is 11.3 Å². The first-order chi connectivity index (χ1) is 12.0. The SMILES string of the molecule is Cc1cc(-c2nn(-c3ccccc3F)cc2CN2CC(O)C2)c(C)s1. The van der Waals surface area contributed by atoms with Crippen molar-refractivity contribution in [3.63, 3.8) is 0 Å². The fraction of sp³-hybridized carbons (Fsp3) is 0.316. The number of aliphatic hydroxyl groups excluding tert-OH is 1. The Labute approximate surface area is 150 Å². The van der Waals surface area contributed by atoms with Gasteiger partial charge in [0.2, 0.25) is 0 Å². The number of para-hydroxylation sites is 1. The van der Waals surface area contributed by atoms with E-state index in [4.69, 9.17) is 5.10 Å². The maximum absolute atomic E-state index is 14.2. The van der Waals surface area contributed by atoms with E-state index in [1.807, 2.05) is 12.3 Å². The number of benzene rings is 1. The molecule has 130 valence electrons. The number of rotatable bonds is 4. The Morgan fingerprint density at radius 1 is 1.28 bits per heavy atom. The third kappa shape index (κ3) is 3.13. The first-order valence-electron chi connectivity index (χ1n) is 8.32. The van der Waals surface area contributed by atoms with Crippen LogP contribution in [0.25, 0.3) is 16.9 Å². The molecule has 3 heterocycles. The minimum Gasteiger partial charge on any atom is -0.390 e. The van der Waals surface area contributed by atoms with Crippen molar-refractivity contribution in [1.29, 1.82) is 0 Å². The summed E-state index contributed by atoms with van der Waals surface area (Å²) in [4.78, 5) is 4.62. The maximum atomic E-state index is 14.2. The highest BCUT2D eigenvalue weighted by atomic mass is 32.1. The second kappa shape index (κ2) is 6.37. The van der Waals surface area contributed by atoms with Crippen LogP contribution in [0.15, 0.2) is 36.5 Å². The number of halogens is 1. The van der Waals surface area contributed by atoms with Gasteiger partial charge in [-0.25, -0.2) is 9.07 Å². The fourth-order valence-corrected chi connectivity index (χ4v) is 4.22. The topological polar surface area (TPSA) is 41.3 Å². The number of hydrogen-bond donors (Lipinski definition) is 1. The largest absolute Gasteiger partial charge is 0.390 e. The van der Waals surface area contributed by atoms with Crippen molar-refractivity contribution in [2.45, 2.75) is 26.5 Å². The van der Waals surface area contributed by atoms with Crippen molar-refractivity contribution in [2.75, 3.05) is 13.1 Å². The minimum atomic E-state index is -0.291. The van der Waals surface area contributed by atoms with Crippen molar-refractivity contribution < 1.29 is 9.50 Å². The highest BCUT2D eigenvalue weighted by molar-refractivity contribution is 7.12. The van der Waals surface area contributed by atoms with E-state index in [1.165, 1.54) is 15.8 Å². The highest BCUT2D eigenvalue weighted by Crippen LogP contribution is 2.33. The van der Waals surface area contributed by atoms with Crippen LogP contribution in [0, 0.1) is 19.7 Å². The summed E-state index contributed by atoms with van der Waals surface area (Å²) in [5, 5.41) is 14.2. The summed E-state index contributed by atoms with van der Waals surface area (Å²) in [5.41, 5.74) is 3.50. The second-order valence-electron chi connectivity index (χ2n) is 6.57. The van der Waals surface area contributed by atoms with E-state index >= 15 is 0 Å². The summed E-state index contributed by atoms with van der Waals surface area (Å²) in [6.45, 7) is 6.22. The van der Waals surface area contributed by atoms with Gasteiger partial charge in [0.05, 0.1) is 11.8 Å². The molecule has 1 aliphatic rings. The molecule has 4 rings (SSSR count). The minimum absolute atomic E-state index is 0.241. The van der Waals surface area contributed by atoms with Crippen LogP contribution in [0.4, 0.5) is 4.39 Å². The zero-order valence-electron chi connectivity index (χ0n) is 14.2. The number of nitrogens with zero attached hydrogens (tertiary/aromatic N) is 3. The third-order valence-electron chi connectivity index (χ3n) is 4.52. The van der Waals surface area contributed by atoms with Gasteiger partial charge < -0.3 is 5.11 Å². The third-order valence-corrected chi connectivity index (χ3v) is 5.48. The average Bonchev–Trinajstić information content (AvgIpc) is 3.09. The molecule has 1 N–H and O–H groups in total. The number of aliphatic hydroxyl groups is 1. The first-order valence-corrected chi connectivity index (χ1v) is 9.14. The molecule has 0 radical (unpaired) electrons. The number of likely N-dealkylation sites (tertiary alicyclic amines) is 1. The molecule has 0 unspecified atom stereocenters. The molecule has 1 fully saturated rings. The lowest BCUT2D eigenvalue weighted by Gasteiger charge is -2.35. The molecular weight excluding hydrogens is 337 g/mol. The summed E-state index contributed by atoms with van der Waals surface area (Å²) in [6, 6.07) is 8.81. The lowest BCUT2D eigenvalue weighted by molar-refractivity contribution is -0.00278. The van der Waals surface area contributed by atoms with Gasteiger partial charge in [0.1, 0.15) is 11.5 Å². The van der Waals surface area contributed by atoms with Crippen LogP contribution in [0.1, 0.15) is 15.3 Å². The van der Waals surface area contributed by atoms with Gasteiger partial charge in [-0.2, -0.15) is 5.10 Å². The lowest BCUT2D eigenvalue weighted by Crippen LogP contribution is -2.49. The van der Waals surface area contributed by atoms with Gasteiger partial charge in [0, 0.05) is 46.7 Å². The van der Waals surface area contributed by atoms with Crippen LogP contribution in [0.3, 0.4) is 0 Å². The van der Waals surface area contributed by atoms with Gasteiger partial charge >= 0.3 is 0 Å². The monoisotopic (exact) mass is 357 g/mol. The maximum Gasteiger partial charge on any atom is 0.148 e. The predicted molar refractivity (Wildman–Crippen MR) is 97.6 cm³/mol. The molecule has 4 nitrogen and oxygen atoms in total. The van der Waals surface area contributed by atoms with Gasteiger partial charge in [0.15, 0.2) is 0 Å². The standard InChI is InChI=1S/C19H20FN3OS/c1-12-7-16(13(2)25-12)19-14(8-22-10-15(24)11-22)9-23(21-19)18-6-4-3-5-17(18)20/h3-7,9,15,24H,8,10-11H2,1-2H3. The molecular formula is C19H20FN3OS. The molecule has 6 heteroatoms. The molecule has 3 aromatic rings. The molecule has 0 aliphatic carbocycles. The Bertz CT molecular complexity index is 911. The van der Waals surface area contributed by atoms with E-state index in [0.717, 1.165) is 16.8 Å². The van der Waals surface area contributed by atoms with Gasteiger partial charge in [-0.05, 0) is 32.0 Å². The Hall–Kier alpha value is -2.02. The zero-order chi connectivity index (χ0) is 17.6. The molecule has 0 bridgehead atoms. The van der Waals surface area contributed by atoms with E-state index in [9.17, 15) is 9.50 Å². The van der Waals surface area contributed by atoms with Gasteiger partial charge in [-0.1, -0.05) is 12.1 Å². The quantitative estimate of drug-likeness (QED) is 0.777. The van der Waals surface area contributed by atoms with Gasteiger partial charge in [0.25, 0.3) is 0 Å². The van der Waals surface area contributed by atoms with E-state index in [1.54, 1.807) is 28.2 Å². The van der Waals surface area contributed by atoms with Crippen LogP contribution in [0.2, 0.25) is 0 Å². The summed E-state index contributed by atoms with van der Waals surface area (Å²) >= 11 is 1.74. The number of hydrogen-bond acceptors (Lipinski definition) is 4. The van der Waals surface area contributed by atoms with E-state index < -0.39 is 0 Å². The van der Waals surface area contributed by atoms with E-state index in [2.05, 4.69) is 24.8 Å². The van der Waals surface area contributed by atoms with Crippen LogP contribution in [-0.2, 0) is 6.54 Å². The summed E-state index contributed by atoms with van der Waals surface area (Å²) in [5.74, 6) is -0.291. The molecule has 25 heavy (non-hydrogen) atoms. The Morgan fingerprint density at radius 3 is 2.68 bits per heavy atom. The molecule has 0 spiro atoms. The van der Waals surface area contributed by atoms with Crippen LogP contribution in [0.5, 0.6) is 0 Å². The van der Waals surface area contributed by atoms with E-state index in [0.29, 0.717) is 25.3 Å². The van der Waals surface area contributed by atoms with Crippen LogP contribution >= 0.6 is 11.3 Å². The number of β-amino-alcohol motifs (C(OH)–C–C–N with tert-alkyl or cyclic N) is 1. The molecule has 1 aliphatic heterocycles. The molecule has 0 saturated carbocycles. The molecule has 2 aromatic heterocycles. The molecule has 1 aromatic carbocycles. The van der Waals surface area contributed by atoms with Crippen molar-refractivity contribution in [2.24, 2.45) is 0 Å². The summed E-state index contributed by atoms with van der Waals surface area (Å²) in [7, 11) is 0. The number of aryl methyl sites for hydroxylation is 2. The Kier molecular flexibility index (Phi) is 4.19. The summed E-state index contributed by atoms with van der Waals surface area (Å²) < 4.78 is 15.8. The Morgan fingerprint density at radius 2 is 2.04 bits per heavy atom. The molecule has 0 atom stereocenters. The molecule has 0 amide bonds. The molecule has 1 saturated heterocycles. The smallest absolute Gasteiger partial charge is 0.148 e. The normalized spacial score (nSPS) is 15.5. The second-order valence-corrected chi connectivity index (χ2v) is 8.03. The number of thiophene rings is 1. The average molecular weight is 357 g/mol. The summed E-state index contributed by atoms with van der Waals surface area (Å²) in [6.07, 6.45) is 1.67. The fourth-order valence-electron chi connectivity index (χ4n) is 3.29. The van der Waals surface area contributed by atoms with Crippen molar-refractivity contribution in [3.05, 3.63) is 57.7 Å². The predicted octanol–water partition coefficient (Wildman–Crippen LogP) is 3.53. The van der Waals surface area contributed by atoms with Crippen molar-refractivity contribution in [1.82, 2.24) is 14.7 Å². The van der Waals surface area contributed by atoms with E-state index in [-0.39, 0.29) is 11.9 Å². The van der Waals surface area contributed by atoms with Crippen molar-refractivity contribution in [3.8, 4) is 16.9 Å². The zero-order valence-corrected chi connectivity index (χ0v) is 15.1. The number of aromatic nitrogens is 2. The highest BCUT2D eigenvalue weighted by Gasteiger charge is 2.26. The van der Waals surface area contributed by atoms with Crippen LogP contribution in [-0.4, -0.2) is 39.0 Å². The lowest BCUT2D eigenvalue weighted by atomic mass is 10.1. The van der Waals surface area contributed by atoms with Gasteiger partial charge in [-0.3, -0.25) is 4.90 Å². The van der Waals surface area contributed by atoms with Crippen LogP contribution < -0.4 is 0 Å².